The zero-order chi connectivity index (χ0) is 12.2. The molecule has 0 aromatic rings. The largest absolute Gasteiger partial charge is 0.480 e. The molecule has 6 nitrogen and oxygen atoms in total. The van der Waals surface area contributed by atoms with E-state index >= 15 is 0 Å². The van der Waals surface area contributed by atoms with E-state index in [1.54, 1.807) is 0 Å². The van der Waals surface area contributed by atoms with Crippen molar-refractivity contribution < 1.29 is 19.4 Å². The number of carboxylic acid groups (broad SMARTS) is 1. The van der Waals surface area contributed by atoms with Gasteiger partial charge in [-0.3, -0.25) is 4.79 Å². The Morgan fingerprint density at radius 3 is 2.44 bits per heavy atom. The van der Waals surface area contributed by atoms with Crippen molar-refractivity contribution in [2.45, 2.75) is 38.3 Å². The average molecular weight is 230 g/mol. The molecule has 1 rings (SSSR count). The van der Waals surface area contributed by atoms with Crippen molar-refractivity contribution >= 4 is 12.0 Å². The highest BCUT2D eigenvalue weighted by Crippen LogP contribution is 2.19. The van der Waals surface area contributed by atoms with Gasteiger partial charge in [0.05, 0.1) is 0 Å². The van der Waals surface area contributed by atoms with Gasteiger partial charge < -0.3 is 20.5 Å². The summed E-state index contributed by atoms with van der Waals surface area (Å²) in [7, 11) is 0. The van der Waals surface area contributed by atoms with Gasteiger partial charge in [-0.1, -0.05) is 0 Å². The Morgan fingerprint density at radius 1 is 1.38 bits per heavy atom. The number of amides is 2. The van der Waals surface area contributed by atoms with Crippen LogP contribution in [0.1, 0.15) is 26.7 Å². The average Bonchev–Trinajstić information content (AvgIpc) is 2.17. The van der Waals surface area contributed by atoms with Crippen molar-refractivity contribution in [3.05, 3.63) is 0 Å². The highest BCUT2D eigenvalue weighted by Gasteiger charge is 2.29. The molecule has 1 aliphatic rings. The third kappa shape index (κ3) is 3.69. The molecular formula is C10H18N2O4. The maximum Gasteiger partial charge on any atom is 0.325 e. The molecule has 1 atom stereocenters. The zero-order valence-corrected chi connectivity index (χ0v) is 9.58. The summed E-state index contributed by atoms with van der Waals surface area (Å²) in [6.07, 6.45) is 1.48. The van der Waals surface area contributed by atoms with Crippen molar-refractivity contribution in [2.75, 3.05) is 13.2 Å². The number of nitrogens with one attached hydrogen (secondary N) is 2. The van der Waals surface area contributed by atoms with E-state index in [0.717, 1.165) is 12.8 Å². The summed E-state index contributed by atoms with van der Waals surface area (Å²) < 4.78 is 5.20. The second kappa shape index (κ2) is 5.16. The molecular weight excluding hydrogens is 212 g/mol. The Labute approximate surface area is 94.3 Å². The molecule has 92 valence electrons. The van der Waals surface area contributed by atoms with Crippen LogP contribution < -0.4 is 10.6 Å². The van der Waals surface area contributed by atoms with Crippen LogP contribution in [-0.2, 0) is 9.53 Å². The SMILES string of the molecule is CC(NC(=O)NC1(C)CCOCC1)C(=O)O. The molecule has 1 heterocycles. The van der Waals surface area contributed by atoms with Crippen LogP contribution in [0.3, 0.4) is 0 Å². The van der Waals surface area contributed by atoms with E-state index in [1.807, 2.05) is 6.92 Å². The number of urea groups is 1. The van der Waals surface area contributed by atoms with Crippen LogP contribution in [-0.4, -0.2) is 41.9 Å². The van der Waals surface area contributed by atoms with Gasteiger partial charge in [0, 0.05) is 18.8 Å². The summed E-state index contributed by atoms with van der Waals surface area (Å²) in [6.45, 7) is 4.59. The summed E-state index contributed by atoms with van der Waals surface area (Å²) in [5.41, 5.74) is -0.305. The Kier molecular flexibility index (Phi) is 4.12. The third-order valence-corrected chi connectivity index (χ3v) is 2.73. The first-order valence-corrected chi connectivity index (χ1v) is 5.32. The summed E-state index contributed by atoms with van der Waals surface area (Å²) >= 11 is 0. The fourth-order valence-electron chi connectivity index (χ4n) is 1.52. The molecule has 1 fully saturated rings. The van der Waals surface area contributed by atoms with E-state index in [9.17, 15) is 9.59 Å². The molecule has 0 spiro atoms. The number of hydrogen-bond donors (Lipinski definition) is 3. The number of ether oxygens (including phenoxy) is 1. The zero-order valence-electron chi connectivity index (χ0n) is 9.58. The van der Waals surface area contributed by atoms with Gasteiger partial charge in [-0.2, -0.15) is 0 Å². The Balaban J connectivity index is 2.41. The lowest BCUT2D eigenvalue weighted by atomic mass is 9.93. The molecule has 1 unspecified atom stereocenters. The lowest BCUT2D eigenvalue weighted by molar-refractivity contribution is -0.138. The minimum atomic E-state index is -1.05. The minimum Gasteiger partial charge on any atom is -0.480 e. The molecule has 0 radical (unpaired) electrons. The highest BCUT2D eigenvalue weighted by molar-refractivity contribution is 5.82. The van der Waals surface area contributed by atoms with Gasteiger partial charge in [0.15, 0.2) is 0 Å². The number of rotatable bonds is 3. The number of carbonyl (C=O) groups is 2. The van der Waals surface area contributed by atoms with Gasteiger partial charge in [0.25, 0.3) is 0 Å². The molecule has 0 saturated carbocycles. The van der Waals surface area contributed by atoms with Crippen molar-refractivity contribution in [3.63, 3.8) is 0 Å². The summed E-state index contributed by atoms with van der Waals surface area (Å²) in [5.74, 6) is -1.05. The van der Waals surface area contributed by atoms with E-state index in [1.165, 1.54) is 6.92 Å². The van der Waals surface area contributed by atoms with Gasteiger partial charge in [0.1, 0.15) is 6.04 Å². The Bertz CT molecular complexity index is 274. The predicted octanol–water partition coefficient (Wildman–Crippen LogP) is 0.328. The summed E-state index contributed by atoms with van der Waals surface area (Å²) in [4.78, 5) is 22.0. The third-order valence-electron chi connectivity index (χ3n) is 2.73. The topological polar surface area (TPSA) is 87.7 Å². The van der Waals surface area contributed by atoms with Crippen LogP contribution in [0.2, 0.25) is 0 Å². The number of carboxylic acids is 1. The fourth-order valence-corrected chi connectivity index (χ4v) is 1.52. The smallest absolute Gasteiger partial charge is 0.325 e. The molecule has 0 aliphatic carbocycles. The molecule has 2 amide bonds. The lowest BCUT2D eigenvalue weighted by Gasteiger charge is -2.34. The first kappa shape index (κ1) is 12.8. The normalized spacial score (nSPS) is 20.9. The van der Waals surface area contributed by atoms with Gasteiger partial charge in [-0.25, -0.2) is 4.79 Å². The standard InChI is InChI=1S/C10H18N2O4/c1-7(8(13)14)11-9(15)12-10(2)3-5-16-6-4-10/h7H,3-6H2,1-2H3,(H,13,14)(H2,11,12,15). The van der Waals surface area contributed by atoms with Crippen LogP contribution in [0.4, 0.5) is 4.79 Å². The van der Waals surface area contributed by atoms with Crippen LogP contribution in [0, 0.1) is 0 Å². The lowest BCUT2D eigenvalue weighted by Crippen LogP contribution is -2.55. The first-order valence-electron chi connectivity index (χ1n) is 5.32. The monoisotopic (exact) mass is 230 g/mol. The summed E-state index contributed by atoms with van der Waals surface area (Å²) in [5, 5.41) is 13.8. The predicted molar refractivity (Wildman–Crippen MR) is 57.2 cm³/mol. The van der Waals surface area contributed by atoms with E-state index in [2.05, 4.69) is 10.6 Å². The van der Waals surface area contributed by atoms with Crippen molar-refractivity contribution in [1.29, 1.82) is 0 Å². The van der Waals surface area contributed by atoms with E-state index in [0.29, 0.717) is 13.2 Å². The quantitative estimate of drug-likeness (QED) is 0.652. The highest BCUT2D eigenvalue weighted by atomic mass is 16.5. The molecule has 16 heavy (non-hydrogen) atoms. The molecule has 6 heteroatoms. The van der Waals surface area contributed by atoms with Crippen molar-refractivity contribution in [2.24, 2.45) is 0 Å². The van der Waals surface area contributed by atoms with Crippen molar-refractivity contribution in [3.8, 4) is 0 Å². The fraction of sp³-hybridized carbons (Fsp3) is 0.800. The molecule has 0 aromatic heterocycles. The van der Waals surface area contributed by atoms with Gasteiger partial charge in [-0.15, -0.1) is 0 Å². The number of hydrogen-bond acceptors (Lipinski definition) is 3. The number of aliphatic carboxylic acids is 1. The second-order valence-corrected chi connectivity index (χ2v) is 4.33. The maximum atomic E-state index is 11.5. The number of carbonyl (C=O) groups excluding carboxylic acids is 1. The van der Waals surface area contributed by atoms with Crippen molar-refractivity contribution in [1.82, 2.24) is 10.6 Å². The Morgan fingerprint density at radius 2 is 1.94 bits per heavy atom. The molecule has 1 saturated heterocycles. The first-order chi connectivity index (χ1) is 7.43. The van der Waals surface area contributed by atoms with Crippen LogP contribution in [0.25, 0.3) is 0 Å². The van der Waals surface area contributed by atoms with Gasteiger partial charge in [0.2, 0.25) is 0 Å². The van der Waals surface area contributed by atoms with Crippen LogP contribution >= 0.6 is 0 Å². The van der Waals surface area contributed by atoms with Crippen LogP contribution in [0.15, 0.2) is 0 Å². The molecule has 3 N–H and O–H groups in total. The molecule has 1 aliphatic heterocycles. The maximum absolute atomic E-state index is 11.5. The minimum absolute atomic E-state index is 0.305. The summed E-state index contributed by atoms with van der Waals surface area (Å²) in [6, 6.07) is -1.33. The van der Waals surface area contributed by atoms with Gasteiger partial charge in [-0.05, 0) is 26.7 Å². The van der Waals surface area contributed by atoms with E-state index in [4.69, 9.17) is 9.84 Å². The van der Waals surface area contributed by atoms with Crippen LogP contribution in [0.5, 0.6) is 0 Å². The molecule has 0 bridgehead atoms. The second-order valence-electron chi connectivity index (χ2n) is 4.33. The van der Waals surface area contributed by atoms with E-state index in [-0.39, 0.29) is 5.54 Å². The molecule has 0 aromatic carbocycles. The Hall–Kier alpha value is -1.30. The van der Waals surface area contributed by atoms with E-state index < -0.39 is 18.0 Å². The van der Waals surface area contributed by atoms with Gasteiger partial charge >= 0.3 is 12.0 Å².